The number of benzene rings is 1. The lowest BCUT2D eigenvalue weighted by Crippen LogP contribution is -2.30. The van der Waals surface area contributed by atoms with Crippen LogP contribution in [-0.2, 0) is 17.9 Å². The highest BCUT2D eigenvalue weighted by molar-refractivity contribution is 5.75. The van der Waals surface area contributed by atoms with Gasteiger partial charge in [-0.25, -0.2) is 14.1 Å². The van der Waals surface area contributed by atoms with Gasteiger partial charge in [0.15, 0.2) is 0 Å². The standard InChI is InChI=1S/C12H14FN5O/c1-17(6-9-3-2-4-10(13)5-9)11(19)7-18-8-15-12(14)16-18/h2-5,8H,6-7H2,1H3,(H2,14,16). The number of aromatic nitrogens is 3. The van der Waals surface area contributed by atoms with Crippen LogP contribution in [0.4, 0.5) is 10.3 Å². The molecule has 1 aromatic heterocycles. The minimum absolute atomic E-state index is 0.0516. The van der Waals surface area contributed by atoms with Crippen LogP contribution in [0.5, 0.6) is 0 Å². The molecule has 19 heavy (non-hydrogen) atoms. The number of hydrogen-bond donors (Lipinski definition) is 1. The molecular formula is C12H14FN5O. The number of halogens is 1. The van der Waals surface area contributed by atoms with Crippen molar-refractivity contribution in [3.8, 4) is 0 Å². The minimum atomic E-state index is -0.317. The average Bonchev–Trinajstić information content (AvgIpc) is 2.74. The lowest BCUT2D eigenvalue weighted by Gasteiger charge is -2.17. The van der Waals surface area contributed by atoms with Crippen molar-refractivity contribution in [2.75, 3.05) is 12.8 Å². The van der Waals surface area contributed by atoms with Crippen molar-refractivity contribution in [3.05, 3.63) is 42.0 Å². The minimum Gasteiger partial charge on any atom is -0.367 e. The summed E-state index contributed by atoms with van der Waals surface area (Å²) in [4.78, 5) is 17.1. The fourth-order valence-corrected chi connectivity index (χ4v) is 1.64. The lowest BCUT2D eigenvalue weighted by molar-refractivity contribution is -0.131. The first-order chi connectivity index (χ1) is 9.04. The predicted octanol–water partition coefficient (Wildman–Crippen LogP) is 0.658. The summed E-state index contributed by atoms with van der Waals surface area (Å²) in [6.07, 6.45) is 1.39. The first-order valence-corrected chi connectivity index (χ1v) is 5.68. The summed E-state index contributed by atoms with van der Waals surface area (Å²) in [5.74, 6) is -0.350. The van der Waals surface area contributed by atoms with E-state index in [0.29, 0.717) is 6.54 Å². The molecule has 1 amide bonds. The van der Waals surface area contributed by atoms with Crippen LogP contribution in [0, 0.1) is 5.82 Å². The van der Waals surface area contributed by atoms with Crippen LogP contribution >= 0.6 is 0 Å². The third-order valence-corrected chi connectivity index (χ3v) is 2.59. The van der Waals surface area contributed by atoms with E-state index in [4.69, 9.17) is 5.73 Å². The van der Waals surface area contributed by atoms with E-state index in [1.54, 1.807) is 19.2 Å². The molecule has 0 saturated heterocycles. The molecule has 0 saturated carbocycles. The van der Waals surface area contributed by atoms with Crippen LogP contribution in [-0.4, -0.2) is 32.6 Å². The van der Waals surface area contributed by atoms with Crippen molar-refractivity contribution < 1.29 is 9.18 Å². The molecular weight excluding hydrogens is 249 g/mol. The molecule has 2 rings (SSSR count). The Morgan fingerprint density at radius 2 is 2.32 bits per heavy atom. The van der Waals surface area contributed by atoms with E-state index >= 15 is 0 Å². The van der Waals surface area contributed by atoms with Crippen molar-refractivity contribution in [1.29, 1.82) is 0 Å². The fourth-order valence-electron chi connectivity index (χ4n) is 1.64. The molecule has 0 aliphatic carbocycles. The average molecular weight is 263 g/mol. The number of carbonyl (C=O) groups excluding carboxylic acids is 1. The quantitative estimate of drug-likeness (QED) is 0.879. The van der Waals surface area contributed by atoms with E-state index in [1.165, 1.54) is 28.0 Å². The van der Waals surface area contributed by atoms with Crippen LogP contribution in [0.25, 0.3) is 0 Å². The third kappa shape index (κ3) is 3.51. The Morgan fingerprint density at radius 1 is 1.53 bits per heavy atom. The van der Waals surface area contributed by atoms with Gasteiger partial charge in [-0.05, 0) is 17.7 Å². The van der Waals surface area contributed by atoms with Crippen molar-refractivity contribution in [2.45, 2.75) is 13.1 Å². The van der Waals surface area contributed by atoms with Crippen LogP contribution in [0.1, 0.15) is 5.56 Å². The predicted molar refractivity (Wildman–Crippen MR) is 67.3 cm³/mol. The first kappa shape index (κ1) is 13.0. The lowest BCUT2D eigenvalue weighted by atomic mass is 10.2. The van der Waals surface area contributed by atoms with Gasteiger partial charge in [-0.2, -0.15) is 0 Å². The molecule has 0 aliphatic rings. The number of hydrogen-bond acceptors (Lipinski definition) is 4. The molecule has 0 unspecified atom stereocenters. The summed E-state index contributed by atoms with van der Waals surface area (Å²) < 4.78 is 14.4. The van der Waals surface area contributed by atoms with Gasteiger partial charge in [-0.3, -0.25) is 4.79 Å². The molecule has 1 heterocycles. The topological polar surface area (TPSA) is 77.0 Å². The molecule has 0 atom stereocenters. The van der Waals surface area contributed by atoms with Gasteiger partial charge in [-0.15, -0.1) is 5.10 Å². The summed E-state index contributed by atoms with van der Waals surface area (Å²) in [7, 11) is 1.65. The molecule has 0 radical (unpaired) electrons. The molecule has 2 aromatic rings. The second-order valence-corrected chi connectivity index (χ2v) is 4.18. The van der Waals surface area contributed by atoms with Crippen molar-refractivity contribution >= 4 is 11.9 Å². The van der Waals surface area contributed by atoms with Crippen molar-refractivity contribution in [1.82, 2.24) is 19.7 Å². The van der Waals surface area contributed by atoms with E-state index in [0.717, 1.165) is 5.56 Å². The smallest absolute Gasteiger partial charge is 0.244 e. The molecule has 1 aromatic carbocycles. The second kappa shape index (κ2) is 5.47. The number of likely N-dealkylation sites (N-methyl/N-ethyl adjacent to an activating group) is 1. The normalized spacial score (nSPS) is 10.4. The zero-order valence-corrected chi connectivity index (χ0v) is 10.5. The van der Waals surface area contributed by atoms with Crippen LogP contribution in [0.2, 0.25) is 0 Å². The summed E-state index contributed by atoms with van der Waals surface area (Å²) in [6.45, 7) is 0.386. The highest BCUT2D eigenvalue weighted by atomic mass is 19.1. The SMILES string of the molecule is CN(Cc1cccc(F)c1)C(=O)Cn1cnc(N)n1. The van der Waals surface area contributed by atoms with E-state index < -0.39 is 0 Å². The van der Waals surface area contributed by atoms with E-state index in [9.17, 15) is 9.18 Å². The Morgan fingerprint density at radius 3 is 2.95 bits per heavy atom. The highest BCUT2D eigenvalue weighted by Gasteiger charge is 2.11. The number of amides is 1. The van der Waals surface area contributed by atoms with Gasteiger partial charge >= 0.3 is 0 Å². The maximum Gasteiger partial charge on any atom is 0.244 e. The second-order valence-electron chi connectivity index (χ2n) is 4.18. The van der Waals surface area contributed by atoms with Gasteiger partial charge in [0.1, 0.15) is 18.7 Å². The van der Waals surface area contributed by atoms with Gasteiger partial charge in [0.25, 0.3) is 0 Å². The maximum atomic E-state index is 13.0. The van der Waals surface area contributed by atoms with Gasteiger partial charge in [0.2, 0.25) is 11.9 Å². The Balaban J connectivity index is 1.96. The highest BCUT2D eigenvalue weighted by Crippen LogP contribution is 2.06. The van der Waals surface area contributed by atoms with Gasteiger partial charge in [-0.1, -0.05) is 12.1 Å². The monoisotopic (exact) mass is 263 g/mol. The van der Waals surface area contributed by atoms with Gasteiger partial charge in [0, 0.05) is 13.6 Å². The van der Waals surface area contributed by atoms with E-state index in [1.807, 2.05) is 0 Å². The molecule has 100 valence electrons. The molecule has 0 spiro atoms. The Hall–Kier alpha value is -2.44. The van der Waals surface area contributed by atoms with Crippen molar-refractivity contribution in [2.24, 2.45) is 0 Å². The fraction of sp³-hybridized carbons (Fsp3) is 0.250. The largest absolute Gasteiger partial charge is 0.367 e. The Kier molecular flexibility index (Phi) is 3.74. The number of nitrogen functional groups attached to an aromatic ring is 1. The molecule has 0 fully saturated rings. The zero-order chi connectivity index (χ0) is 13.8. The summed E-state index contributed by atoms with van der Waals surface area (Å²) >= 11 is 0. The number of nitrogens with zero attached hydrogens (tertiary/aromatic N) is 4. The van der Waals surface area contributed by atoms with Gasteiger partial charge in [0.05, 0.1) is 0 Å². The van der Waals surface area contributed by atoms with Gasteiger partial charge < -0.3 is 10.6 Å². The molecule has 7 heteroatoms. The molecule has 2 N–H and O–H groups in total. The maximum absolute atomic E-state index is 13.0. The molecule has 0 bridgehead atoms. The Bertz CT molecular complexity index is 583. The molecule has 6 nitrogen and oxygen atoms in total. The van der Waals surface area contributed by atoms with E-state index in [2.05, 4.69) is 10.1 Å². The zero-order valence-electron chi connectivity index (χ0n) is 10.5. The number of anilines is 1. The number of carbonyl (C=O) groups is 1. The van der Waals surface area contributed by atoms with E-state index in [-0.39, 0.29) is 24.2 Å². The first-order valence-electron chi connectivity index (χ1n) is 5.68. The third-order valence-electron chi connectivity index (χ3n) is 2.59. The summed E-state index contributed by atoms with van der Waals surface area (Å²) in [5.41, 5.74) is 6.09. The van der Waals surface area contributed by atoms with Crippen LogP contribution < -0.4 is 5.73 Å². The number of rotatable bonds is 4. The van der Waals surface area contributed by atoms with Crippen LogP contribution in [0.15, 0.2) is 30.6 Å². The summed E-state index contributed by atoms with van der Waals surface area (Å²) in [6, 6.07) is 6.14. The summed E-state index contributed by atoms with van der Waals surface area (Å²) in [5, 5.41) is 3.83. The Labute approximate surface area is 109 Å². The van der Waals surface area contributed by atoms with Crippen molar-refractivity contribution in [3.63, 3.8) is 0 Å². The van der Waals surface area contributed by atoms with Crippen LogP contribution in [0.3, 0.4) is 0 Å². The molecule has 0 aliphatic heterocycles. The number of nitrogens with two attached hydrogens (primary N) is 1.